The van der Waals surface area contributed by atoms with Gasteiger partial charge in [-0.1, -0.05) is 0 Å². The predicted octanol–water partition coefficient (Wildman–Crippen LogP) is 1.07. The number of methoxy groups -OCH3 is 1. The first-order valence-electron chi connectivity index (χ1n) is 4.71. The summed E-state index contributed by atoms with van der Waals surface area (Å²) in [7, 11) is 1.40. The van der Waals surface area contributed by atoms with Gasteiger partial charge in [0.1, 0.15) is 6.10 Å². The Bertz CT molecular complexity index is 319. The molecule has 0 bridgehead atoms. The summed E-state index contributed by atoms with van der Waals surface area (Å²) >= 11 is 0. The van der Waals surface area contributed by atoms with E-state index in [2.05, 4.69) is 9.73 Å². The Balaban J connectivity index is 2.13. The molecule has 2 rings (SSSR count). The number of nitrogens with zero attached hydrogens (tertiary/aromatic N) is 1. The smallest absolute Gasteiger partial charge is 0.333 e. The standard InChI is InChI=1S/C10H13NO3/c1-6-11-8-4-3-7(10(12)13-2)5-9(8)14-6/h5,8-9H,3-4H2,1-2H3/t8-,9?/m1/s1. The number of hydrogen-bond donors (Lipinski definition) is 0. The van der Waals surface area contributed by atoms with Gasteiger partial charge in [-0.05, 0) is 18.9 Å². The molecule has 1 unspecified atom stereocenters. The molecule has 0 radical (unpaired) electrons. The number of esters is 1. The van der Waals surface area contributed by atoms with Gasteiger partial charge in [-0.3, -0.25) is 0 Å². The minimum Gasteiger partial charge on any atom is -0.472 e. The predicted molar refractivity (Wildman–Crippen MR) is 51.1 cm³/mol. The van der Waals surface area contributed by atoms with E-state index < -0.39 is 0 Å². The molecule has 4 heteroatoms. The van der Waals surface area contributed by atoms with Crippen LogP contribution in [0, 0.1) is 0 Å². The van der Waals surface area contributed by atoms with Crippen LogP contribution in [-0.4, -0.2) is 31.1 Å². The number of ether oxygens (including phenoxy) is 2. The lowest BCUT2D eigenvalue weighted by molar-refractivity contribution is -0.136. The summed E-state index contributed by atoms with van der Waals surface area (Å²) in [4.78, 5) is 15.6. The Labute approximate surface area is 82.6 Å². The molecule has 0 N–H and O–H groups in total. The van der Waals surface area contributed by atoms with E-state index in [1.165, 1.54) is 7.11 Å². The Morgan fingerprint density at radius 2 is 2.50 bits per heavy atom. The molecule has 4 nitrogen and oxygen atoms in total. The minimum absolute atomic E-state index is 0.0575. The molecule has 0 saturated carbocycles. The lowest BCUT2D eigenvalue weighted by atomic mass is 9.94. The van der Waals surface area contributed by atoms with E-state index in [1.807, 2.05) is 13.0 Å². The second-order valence-electron chi connectivity index (χ2n) is 3.52. The van der Waals surface area contributed by atoms with Crippen molar-refractivity contribution in [1.82, 2.24) is 0 Å². The molecule has 76 valence electrons. The van der Waals surface area contributed by atoms with Crippen LogP contribution in [-0.2, 0) is 14.3 Å². The third kappa shape index (κ3) is 1.52. The van der Waals surface area contributed by atoms with Gasteiger partial charge in [-0.2, -0.15) is 0 Å². The fourth-order valence-corrected chi connectivity index (χ4v) is 1.87. The largest absolute Gasteiger partial charge is 0.472 e. The lowest BCUT2D eigenvalue weighted by Gasteiger charge is -2.20. The molecular formula is C10H13NO3. The van der Waals surface area contributed by atoms with Crippen LogP contribution >= 0.6 is 0 Å². The fraction of sp³-hybridized carbons (Fsp3) is 0.600. The van der Waals surface area contributed by atoms with Gasteiger partial charge in [0.25, 0.3) is 0 Å². The van der Waals surface area contributed by atoms with E-state index in [9.17, 15) is 4.79 Å². The molecule has 1 heterocycles. The molecule has 0 spiro atoms. The Morgan fingerprint density at radius 3 is 3.21 bits per heavy atom. The third-order valence-electron chi connectivity index (χ3n) is 2.56. The zero-order chi connectivity index (χ0) is 10.1. The molecule has 0 aromatic heterocycles. The Kier molecular flexibility index (Phi) is 2.27. The lowest BCUT2D eigenvalue weighted by Crippen LogP contribution is -2.26. The molecule has 0 amide bonds. The molecule has 1 aliphatic carbocycles. The van der Waals surface area contributed by atoms with E-state index >= 15 is 0 Å². The summed E-state index contributed by atoms with van der Waals surface area (Å²) in [6, 6.07) is 0.198. The van der Waals surface area contributed by atoms with Gasteiger partial charge in [0, 0.05) is 12.5 Å². The maximum Gasteiger partial charge on any atom is 0.333 e. The zero-order valence-electron chi connectivity index (χ0n) is 8.32. The molecule has 2 aliphatic rings. The molecular weight excluding hydrogens is 182 g/mol. The first kappa shape index (κ1) is 9.24. The van der Waals surface area contributed by atoms with E-state index in [-0.39, 0.29) is 18.1 Å². The first-order valence-corrected chi connectivity index (χ1v) is 4.71. The van der Waals surface area contributed by atoms with Crippen molar-refractivity contribution >= 4 is 11.9 Å². The van der Waals surface area contributed by atoms with Crippen LogP contribution < -0.4 is 0 Å². The Morgan fingerprint density at radius 1 is 1.71 bits per heavy atom. The van der Waals surface area contributed by atoms with Gasteiger partial charge in [0.2, 0.25) is 0 Å². The summed E-state index contributed by atoms with van der Waals surface area (Å²) in [6.45, 7) is 1.84. The average Bonchev–Trinajstić information content (AvgIpc) is 2.55. The highest BCUT2D eigenvalue weighted by atomic mass is 16.5. The normalized spacial score (nSPS) is 29.9. The van der Waals surface area contributed by atoms with Gasteiger partial charge >= 0.3 is 5.97 Å². The summed E-state index contributed by atoms with van der Waals surface area (Å²) < 4.78 is 10.1. The maximum absolute atomic E-state index is 11.3. The number of fused-ring (bicyclic) bond motifs is 1. The molecule has 1 aliphatic heterocycles. The van der Waals surface area contributed by atoms with Gasteiger partial charge in [-0.15, -0.1) is 0 Å². The molecule has 0 fully saturated rings. The van der Waals surface area contributed by atoms with Gasteiger partial charge in [0.05, 0.1) is 13.2 Å². The van der Waals surface area contributed by atoms with E-state index in [4.69, 9.17) is 4.74 Å². The average molecular weight is 195 g/mol. The van der Waals surface area contributed by atoms with Crippen molar-refractivity contribution in [3.05, 3.63) is 11.6 Å². The van der Waals surface area contributed by atoms with Crippen LogP contribution in [0.2, 0.25) is 0 Å². The van der Waals surface area contributed by atoms with Crippen LogP contribution in [0.1, 0.15) is 19.8 Å². The third-order valence-corrected chi connectivity index (χ3v) is 2.56. The second-order valence-corrected chi connectivity index (χ2v) is 3.52. The van der Waals surface area contributed by atoms with Crippen LogP contribution in [0.15, 0.2) is 16.6 Å². The highest BCUT2D eigenvalue weighted by molar-refractivity contribution is 5.89. The highest BCUT2D eigenvalue weighted by Crippen LogP contribution is 2.27. The second kappa shape index (κ2) is 3.44. The first-order chi connectivity index (χ1) is 6.70. The van der Waals surface area contributed by atoms with Crippen molar-refractivity contribution in [3.8, 4) is 0 Å². The number of aliphatic imine (C=N–C) groups is 1. The van der Waals surface area contributed by atoms with E-state index in [0.717, 1.165) is 12.8 Å². The van der Waals surface area contributed by atoms with Crippen molar-refractivity contribution < 1.29 is 14.3 Å². The number of carbonyl (C=O) groups excluding carboxylic acids is 1. The molecule has 0 saturated heterocycles. The van der Waals surface area contributed by atoms with Crippen LogP contribution in [0.25, 0.3) is 0 Å². The number of carbonyl (C=O) groups is 1. The highest BCUT2D eigenvalue weighted by Gasteiger charge is 2.32. The maximum atomic E-state index is 11.3. The zero-order valence-corrected chi connectivity index (χ0v) is 8.32. The molecule has 0 aromatic carbocycles. The quantitative estimate of drug-likeness (QED) is 0.588. The monoisotopic (exact) mass is 195 g/mol. The van der Waals surface area contributed by atoms with Gasteiger partial charge in [-0.25, -0.2) is 9.79 Å². The van der Waals surface area contributed by atoms with Crippen molar-refractivity contribution in [2.75, 3.05) is 7.11 Å². The van der Waals surface area contributed by atoms with Gasteiger partial charge in [0.15, 0.2) is 5.90 Å². The summed E-state index contributed by atoms with van der Waals surface area (Å²) in [6.07, 6.45) is 3.37. The van der Waals surface area contributed by atoms with Gasteiger partial charge < -0.3 is 9.47 Å². The number of hydrogen-bond acceptors (Lipinski definition) is 4. The topological polar surface area (TPSA) is 47.9 Å². The van der Waals surface area contributed by atoms with Crippen molar-refractivity contribution in [2.45, 2.75) is 31.9 Å². The van der Waals surface area contributed by atoms with Crippen molar-refractivity contribution in [3.63, 3.8) is 0 Å². The minimum atomic E-state index is -0.253. The SMILES string of the molecule is COC(=O)C1=CC2OC(C)=N[C@@H]2CC1. The van der Waals surface area contributed by atoms with Crippen molar-refractivity contribution in [1.29, 1.82) is 0 Å². The molecule has 2 atom stereocenters. The Hall–Kier alpha value is -1.32. The van der Waals surface area contributed by atoms with Crippen molar-refractivity contribution in [2.24, 2.45) is 4.99 Å². The fourth-order valence-electron chi connectivity index (χ4n) is 1.87. The molecule has 0 aromatic rings. The number of rotatable bonds is 1. The van der Waals surface area contributed by atoms with E-state index in [0.29, 0.717) is 11.5 Å². The molecule has 14 heavy (non-hydrogen) atoms. The summed E-state index contributed by atoms with van der Waals surface area (Å²) in [5.74, 6) is 0.457. The van der Waals surface area contributed by atoms with Crippen LogP contribution in [0.3, 0.4) is 0 Å². The summed E-state index contributed by atoms with van der Waals surface area (Å²) in [5, 5.41) is 0. The van der Waals surface area contributed by atoms with E-state index in [1.54, 1.807) is 0 Å². The van der Waals surface area contributed by atoms with Crippen LogP contribution in [0.5, 0.6) is 0 Å². The summed E-state index contributed by atoms with van der Waals surface area (Å²) in [5.41, 5.74) is 0.707. The van der Waals surface area contributed by atoms with Crippen LogP contribution in [0.4, 0.5) is 0 Å².